The van der Waals surface area contributed by atoms with Crippen molar-refractivity contribution in [2.75, 3.05) is 6.54 Å². The minimum atomic E-state index is -0.535. The molecule has 3 nitrogen and oxygen atoms in total. The maximum Gasteiger partial charge on any atom is 0.315 e. The van der Waals surface area contributed by atoms with Crippen molar-refractivity contribution in [3.63, 3.8) is 0 Å². The number of halogens is 2. The molecule has 0 heterocycles. The monoisotopic (exact) mass is 256 g/mol. The van der Waals surface area contributed by atoms with Crippen molar-refractivity contribution in [3.8, 4) is 0 Å². The summed E-state index contributed by atoms with van der Waals surface area (Å²) in [5, 5.41) is 5.14. The molecule has 0 saturated heterocycles. The molecule has 0 saturated carbocycles. The molecule has 0 bridgehead atoms. The van der Waals surface area contributed by atoms with Crippen LogP contribution in [0.2, 0.25) is 0 Å². The lowest BCUT2D eigenvalue weighted by Gasteiger charge is -2.18. The Bertz CT molecular complexity index is 427. The summed E-state index contributed by atoms with van der Waals surface area (Å²) in [6.07, 6.45) is 0. The van der Waals surface area contributed by atoms with Gasteiger partial charge in [-0.3, -0.25) is 0 Å². The Hall–Kier alpha value is -1.65. The number of amides is 2. The minimum absolute atomic E-state index is 0.0263. The predicted octanol–water partition coefficient (Wildman–Crippen LogP) is 2.81. The molecule has 0 fully saturated rings. The maximum atomic E-state index is 13.3. The Morgan fingerprint density at radius 2 is 1.89 bits per heavy atom. The van der Waals surface area contributed by atoms with Gasteiger partial charge in [0.1, 0.15) is 11.6 Å². The van der Waals surface area contributed by atoms with Gasteiger partial charge in [0.05, 0.1) is 0 Å². The Balaban J connectivity index is 2.45. The molecule has 1 rings (SSSR count). The second-order valence-electron chi connectivity index (χ2n) is 5.33. The number of urea groups is 1. The van der Waals surface area contributed by atoms with Crippen LogP contribution in [0.4, 0.5) is 13.6 Å². The SMILES string of the molecule is CC(C)(C)CNC(=O)NCc1cc(F)ccc1F. The smallest absolute Gasteiger partial charge is 0.315 e. The first kappa shape index (κ1) is 14.4. The van der Waals surface area contributed by atoms with Gasteiger partial charge in [0, 0.05) is 18.7 Å². The van der Waals surface area contributed by atoms with Gasteiger partial charge in [-0.2, -0.15) is 0 Å². The molecule has 2 amide bonds. The number of hydrogen-bond donors (Lipinski definition) is 2. The largest absolute Gasteiger partial charge is 0.338 e. The summed E-state index contributed by atoms with van der Waals surface area (Å²) >= 11 is 0. The van der Waals surface area contributed by atoms with Crippen LogP contribution in [0.1, 0.15) is 26.3 Å². The van der Waals surface area contributed by atoms with Gasteiger partial charge in [0.15, 0.2) is 0 Å². The van der Waals surface area contributed by atoms with Crippen LogP contribution in [0.3, 0.4) is 0 Å². The zero-order valence-corrected chi connectivity index (χ0v) is 10.8. The highest BCUT2D eigenvalue weighted by molar-refractivity contribution is 5.73. The molecule has 0 spiro atoms. The number of carbonyl (C=O) groups excluding carboxylic acids is 1. The quantitative estimate of drug-likeness (QED) is 0.857. The number of rotatable bonds is 3. The number of carbonyl (C=O) groups is 1. The van der Waals surface area contributed by atoms with Crippen LogP contribution in [0.5, 0.6) is 0 Å². The van der Waals surface area contributed by atoms with Crippen molar-refractivity contribution in [2.24, 2.45) is 5.41 Å². The first-order valence-electron chi connectivity index (χ1n) is 5.73. The molecule has 18 heavy (non-hydrogen) atoms. The van der Waals surface area contributed by atoms with Crippen molar-refractivity contribution in [2.45, 2.75) is 27.3 Å². The predicted molar refractivity (Wildman–Crippen MR) is 66.1 cm³/mol. The van der Waals surface area contributed by atoms with E-state index in [1.807, 2.05) is 20.8 Å². The van der Waals surface area contributed by atoms with Crippen molar-refractivity contribution in [3.05, 3.63) is 35.4 Å². The van der Waals surface area contributed by atoms with Gasteiger partial charge >= 0.3 is 6.03 Å². The van der Waals surface area contributed by atoms with Crippen LogP contribution < -0.4 is 10.6 Å². The fourth-order valence-corrected chi connectivity index (χ4v) is 1.26. The lowest BCUT2D eigenvalue weighted by atomic mass is 9.97. The summed E-state index contributed by atoms with van der Waals surface area (Å²) in [7, 11) is 0. The van der Waals surface area contributed by atoms with E-state index in [4.69, 9.17) is 0 Å². The summed E-state index contributed by atoms with van der Waals surface area (Å²) in [6.45, 7) is 6.42. The van der Waals surface area contributed by atoms with E-state index in [1.54, 1.807) is 0 Å². The standard InChI is InChI=1S/C13H18F2N2O/c1-13(2,3)8-17-12(18)16-7-9-6-10(14)4-5-11(9)15/h4-6H,7-8H2,1-3H3,(H2,16,17,18). The third kappa shape index (κ3) is 5.12. The Labute approximate surface area is 106 Å². The lowest BCUT2D eigenvalue weighted by molar-refractivity contribution is 0.235. The second-order valence-corrected chi connectivity index (χ2v) is 5.33. The molecule has 0 aliphatic carbocycles. The van der Waals surface area contributed by atoms with E-state index in [-0.39, 0.29) is 17.5 Å². The average molecular weight is 256 g/mol. The number of hydrogen-bond acceptors (Lipinski definition) is 1. The fraction of sp³-hybridized carbons (Fsp3) is 0.462. The number of benzene rings is 1. The van der Waals surface area contributed by atoms with E-state index in [0.717, 1.165) is 18.2 Å². The molecule has 0 radical (unpaired) electrons. The zero-order valence-electron chi connectivity index (χ0n) is 10.8. The fourth-order valence-electron chi connectivity index (χ4n) is 1.26. The highest BCUT2D eigenvalue weighted by Crippen LogP contribution is 2.10. The van der Waals surface area contributed by atoms with Gasteiger partial charge in [-0.05, 0) is 23.6 Å². The molecular formula is C13H18F2N2O. The molecule has 1 aromatic rings. The van der Waals surface area contributed by atoms with E-state index in [9.17, 15) is 13.6 Å². The van der Waals surface area contributed by atoms with E-state index < -0.39 is 17.7 Å². The van der Waals surface area contributed by atoms with Crippen LogP contribution >= 0.6 is 0 Å². The molecular weight excluding hydrogens is 238 g/mol. The lowest BCUT2D eigenvalue weighted by Crippen LogP contribution is -2.39. The van der Waals surface area contributed by atoms with Crippen LogP contribution in [0.25, 0.3) is 0 Å². The molecule has 5 heteroatoms. The molecule has 0 aliphatic heterocycles. The molecule has 2 N–H and O–H groups in total. The Kier molecular flexibility index (Phi) is 4.64. The second kappa shape index (κ2) is 5.80. The normalized spacial score (nSPS) is 11.2. The van der Waals surface area contributed by atoms with E-state index in [0.29, 0.717) is 6.54 Å². The minimum Gasteiger partial charge on any atom is -0.338 e. The van der Waals surface area contributed by atoms with Crippen LogP contribution in [-0.2, 0) is 6.54 Å². The van der Waals surface area contributed by atoms with Gasteiger partial charge in [-0.25, -0.2) is 13.6 Å². The van der Waals surface area contributed by atoms with Crippen LogP contribution in [-0.4, -0.2) is 12.6 Å². The van der Waals surface area contributed by atoms with E-state index in [2.05, 4.69) is 10.6 Å². The van der Waals surface area contributed by atoms with Crippen molar-refractivity contribution in [1.29, 1.82) is 0 Å². The topological polar surface area (TPSA) is 41.1 Å². The molecule has 100 valence electrons. The van der Waals surface area contributed by atoms with Gasteiger partial charge in [-0.15, -0.1) is 0 Å². The van der Waals surface area contributed by atoms with E-state index in [1.165, 1.54) is 0 Å². The van der Waals surface area contributed by atoms with Gasteiger partial charge in [-0.1, -0.05) is 20.8 Å². The summed E-state index contributed by atoms with van der Waals surface area (Å²) in [5.74, 6) is -1.06. The molecule has 0 aliphatic rings. The maximum absolute atomic E-state index is 13.3. The first-order chi connectivity index (χ1) is 8.28. The number of nitrogens with one attached hydrogen (secondary N) is 2. The molecule has 0 unspecified atom stereocenters. The van der Waals surface area contributed by atoms with Crippen LogP contribution in [0.15, 0.2) is 18.2 Å². The first-order valence-corrected chi connectivity index (χ1v) is 5.73. The van der Waals surface area contributed by atoms with Crippen LogP contribution in [0, 0.1) is 17.0 Å². The molecule has 0 aromatic heterocycles. The molecule has 0 atom stereocenters. The van der Waals surface area contributed by atoms with Gasteiger partial charge in [0.25, 0.3) is 0 Å². The van der Waals surface area contributed by atoms with Gasteiger partial charge < -0.3 is 10.6 Å². The highest BCUT2D eigenvalue weighted by Gasteiger charge is 2.12. The Morgan fingerprint density at radius 3 is 2.50 bits per heavy atom. The van der Waals surface area contributed by atoms with Crippen molar-refractivity contribution in [1.82, 2.24) is 10.6 Å². The van der Waals surface area contributed by atoms with Gasteiger partial charge in [0.2, 0.25) is 0 Å². The van der Waals surface area contributed by atoms with Crippen molar-refractivity contribution >= 4 is 6.03 Å². The highest BCUT2D eigenvalue weighted by atomic mass is 19.1. The Morgan fingerprint density at radius 1 is 1.22 bits per heavy atom. The summed E-state index contributed by atoms with van der Waals surface area (Å²) < 4.78 is 26.1. The summed E-state index contributed by atoms with van der Waals surface area (Å²) in [5.41, 5.74) is 0.0995. The zero-order chi connectivity index (χ0) is 13.8. The third-order valence-electron chi connectivity index (χ3n) is 2.23. The summed E-state index contributed by atoms with van der Waals surface area (Å²) in [4.78, 5) is 11.4. The third-order valence-corrected chi connectivity index (χ3v) is 2.23. The molecule has 1 aromatic carbocycles. The summed E-state index contributed by atoms with van der Waals surface area (Å²) in [6, 6.07) is 2.76. The van der Waals surface area contributed by atoms with E-state index >= 15 is 0 Å². The van der Waals surface area contributed by atoms with Crippen molar-refractivity contribution < 1.29 is 13.6 Å². The average Bonchev–Trinajstić information content (AvgIpc) is 2.26.